The summed E-state index contributed by atoms with van der Waals surface area (Å²) >= 11 is 0. The highest BCUT2D eigenvalue weighted by Gasteiger charge is 2.19. The molecule has 0 heterocycles. The molecule has 0 aliphatic heterocycles. The van der Waals surface area contributed by atoms with Crippen molar-refractivity contribution < 1.29 is 18.7 Å². The molecule has 132 valence electrons. The third kappa shape index (κ3) is 5.49. The van der Waals surface area contributed by atoms with E-state index < -0.39 is 23.8 Å². The van der Waals surface area contributed by atoms with Crippen molar-refractivity contribution in [1.82, 2.24) is 5.32 Å². The molecule has 1 unspecified atom stereocenters. The smallest absolute Gasteiger partial charge is 0.320 e. The summed E-state index contributed by atoms with van der Waals surface area (Å²) < 4.78 is 18.6. The van der Waals surface area contributed by atoms with Crippen LogP contribution < -0.4 is 21.1 Å². The molecule has 0 bridgehead atoms. The van der Waals surface area contributed by atoms with Gasteiger partial charge < -0.3 is 21.1 Å². The van der Waals surface area contributed by atoms with Gasteiger partial charge in [-0.2, -0.15) is 0 Å². The van der Waals surface area contributed by atoms with E-state index in [9.17, 15) is 14.0 Å². The molecular formula is C18H20FN3O3. The zero-order valence-corrected chi connectivity index (χ0v) is 13.8. The Labute approximate surface area is 145 Å². The fourth-order valence-corrected chi connectivity index (χ4v) is 2.26. The normalized spacial score (nSPS) is 11.4. The summed E-state index contributed by atoms with van der Waals surface area (Å²) in [6, 6.07) is 11.4. The quantitative estimate of drug-likeness (QED) is 0.719. The average Bonchev–Trinajstić information content (AvgIpc) is 2.58. The Hall–Kier alpha value is -3.09. The topological polar surface area (TPSA) is 93.4 Å². The zero-order chi connectivity index (χ0) is 18.2. The van der Waals surface area contributed by atoms with Crippen molar-refractivity contribution >= 4 is 17.6 Å². The Morgan fingerprint density at radius 3 is 2.56 bits per heavy atom. The highest BCUT2D eigenvalue weighted by Crippen LogP contribution is 2.25. The largest absolute Gasteiger partial charge is 0.492 e. The molecule has 0 aliphatic carbocycles. The number of carbonyl (C=O) groups is 2. The molecule has 2 rings (SSSR count). The minimum absolute atomic E-state index is 0.205. The standard InChI is InChI=1S/C18H20FN3O3/c1-2-25-16-11-13(19)8-9-14(16)21-18(24)22-15(17(20)23)10-12-6-4-3-5-7-12/h3-9,11,15H,2,10H2,1H3,(H2,20,23)(H2,21,22,24). The molecule has 0 aromatic heterocycles. The second-order valence-electron chi connectivity index (χ2n) is 5.32. The first-order chi connectivity index (χ1) is 12.0. The molecule has 3 amide bonds. The molecule has 0 saturated heterocycles. The number of hydrogen-bond acceptors (Lipinski definition) is 3. The van der Waals surface area contributed by atoms with Crippen LogP contribution >= 0.6 is 0 Å². The van der Waals surface area contributed by atoms with E-state index in [4.69, 9.17) is 10.5 Å². The van der Waals surface area contributed by atoms with Crippen LogP contribution in [0.3, 0.4) is 0 Å². The van der Waals surface area contributed by atoms with Crippen molar-refractivity contribution in [2.45, 2.75) is 19.4 Å². The number of carbonyl (C=O) groups excluding carboxylic acids is 2. The van der Waals surface area contributed by atoms with Gasteiger partial charge in [-0.25, -0.2) is 9.18 Å². The first-order valence-corrected chi connectivity index (χ1v) is 7.82. The van der Waals surface area contributed by atoms with Gasteiger partial charge in [0.05, 0.1) is 12.3 Å². The summed E-state index contributed by atoms with van der Waals surface area (Å²) in [5.74, 6) is -0.923. The van der Waals surface area contributed by atoms with E-state index in [0.29, 0.717) is 12.3 Å². The third-order valence-electron chi connectivity index (χ3n) is 3.42. The summed E-state index contributed by atoms with van der Waals surface area (Å²) in [6.07, 6.45) is 0.269. The fraction of sp³-hybridized carbons (Fsp3) is 0.222. The van der Waals surface area contributed by atoms with E-state index in [1.165, 1.54) is 18.2 Å². The number of anilines is 1. The molecule has 0 fully saturated rings. The van der Waals surface area contributed by atoms with E-state index in [1.54, 1.807) is 6.92 Å². The molecule has 6 nitrogen and oxygen atoms in total. The van der Waals surface area contributed by atoms with Crippen LogP contribution in [0.1, 0.15) is 12.5 Å². The van der Waals surface area contributed by atoms with E-state index >= 15 is 0 Å². The van der Waals surface area contributed by atoms with Gasteiger partial charge in [-0.15, -0.1) is 0 Å². The van der Waals surface area contributed by atoms with Crippen LogP contribution in [0.25, 0.3) is 0 Å². The van der Waals surface area contributed by atoms with Gasteiger partial charge in [-0.1, -0.05) is 30.3 Å². The molecular weight excluding hydrogens is 325 g/mol. The summed E-state index contributed by atoms with van der Waals surface area (Å²) in [7, 11) is 0. The number of benzene rings is 2. The van der Waals surface area contributed by atoms with Crippen LogP contribution in [0, 0.1) is 5.82 Å². The number of ether oxygens (including phenoxy) is 1. The first kappa shape index (κ1) is 18.3. The molecule has 2 aromatic carbocycles. The summed E-state index contributed by atoms with van der Waals surface area (Å²) in [5.41, 5.74) is 6.53. The number of hydrogen-bond donors (Lipinski definition) is 3. The van der Waals surface area contributed by atoms with Crippen LogP contribution in [0.15, 0.2) is 48.5 Å². The number of urea groups is 1. The molecule has 0 radical (unpaired) electrons. The van der Waals surface area contributed by atoms with Gasteiger partial charge in [0.15, 0.2) is 0 Å². The lowest BCUT2D eigenvalue weighted by Gasteiger charge is -2.17. The Balaban J connectivity index is 2.05. The van der Waals surface area contributed by atoms with Crippen LogP contribution in [0.4, 0.5) is 14.9 Å². The zero-order valence-electron chi connectivity index (χ0n) is 13.8. The predicted octanol–water partition coefficient (Wildman–Crippen LogP) is 2.44. The lowest BCUT2D eigenvalue weighted by Crippen LogP contribution is -2.47. The number of rotatable bonds is 7. The van der Waals surface area contributed by atoms with E-state index in [2.05, 4.69) is 10.6 Å². The minimum atomic E-state index is -0.876. The highest BCUT2D eigenvalue weighted by atomic mass is 19.1. The van der Waals surface area contributed by atoms with Gasteiger partial charge in [0.2, 0.25) is 5.91 Å². The molecule has 7 heteroatoms. The van der Waals surface area contributed by atoms with Crippen LogP contribution in [0.5, 0.6) is 5.75 Å². The fourth-order valence-electron chi connectivity index (χ4n) is 2.26. The number of nitrogens with two attached hydrogens (primary N) is 1. The number of primary amides is 1. The van der Waals surface area contributed by atoms with Gasteiger partial charge >= 0.3 is 6.03 Å². The van der Waals surface area contributed by atoms with Gasteiger partial charge in [0.25, 0.3) is 0 Å². The van der Waals surface area contributed by atoms with E-state index in [-0.39, 0.29) is 12.2 Å². The van der Waals surface area contributed by atoms with Gasteiger partial charge in [0, 0.05) is 12.5 Å². The van der Waals surface area contributed by atoms with Crippen molar-refractivity contribution in [3.8, 4) is 5.75 Å². The van der Waals surface area contributed by atoms with Crippen molar-refractivity contribution in [3.05, 3.63) is 59.9 Å². The SMILES string of the molecule is CCOc1cc(F)ccc1NC(=O)NC(Cc1ccccc1)C(N)=O. The van der Waals surface area contributed by atoms with Gasteiger partial charge in [0.1, 0.15) is 17.6 Å². The maximum atomic E-state index is 13.3. The van der Waals surface area contributed by atoms with Crippen molar-refractivity contribution in [3.63, 3.8) is 0 Å². The van der Waals surface area contributed by atoms with Crippen LogP contribution in [0.2, 0.25) is 0 Å². The van der Waals surface area contributed by atoms with Crippen molar-refractivity contribution in [2.75, 3.05) is 11.9 Å². The predicted molar refractivity (Wildman–Crippen MR) is 92.9 cm³/mol. The maximum absolute atomic E-state index is 13.3. The molecule has 0 saturated carbocycles. The second kappa shape index (κ2) is 8.68. The maximum Gasteiger partial charge on any atom is 0.320 e. The Kier molecular flexibility index (Phi) is 6.33. The molecule has 1 atom stereocenters. The van der Waals surface area contributed by atoms with E-state index in [0.717, 1.165) is 5.56 Å². The summed E-state index contributed by atoms with van der Waals surface area (Å²) in [6.45, 7) is 2.06. The van der Waals surface area contributed by atoms with Gasteiger partial charge in [-0.05, 0) is 24.6 Å². The van der Waals surface area contributed by atoms with Crippen molar-refractivity contribution in [1.29, 1.82) is 0 Å². The molecule has 25 heavy (non-hydrogen) atoms. The van der Waals surface area contributed by atoms with E-state index in [1.807, 2.05) is 30.3 Å². The number of nitrogens with one attached hydrogen (secondary N) is 2. The average molecular weight is 345 g/mol. The minimum Gasteiger partial charge on any atom is -0.492 e. The third-order valence-corrected chi connectivity index (χ3v) is 3.42. The monoisotopic (exact) mass is 345 g/mol. The van der Waals surface area contributed by atoms with Crippen LogP contribution in [-0.2, 0) is 11.2 Å². The molecule has 4 N–H and O–H groups in total. The number of halogens is 1. The Morgan fingerprint density at radius 1 is 1.20 bits per heavy atom. The lowest BCUT2D eigenvalue weighted by molar-refractivity contribution is -0.119. The summed E-state index contributed by atoms with van der Waals surface area (Å²) in [4.78, 5) is 23.8. The molecule has 2 aromatic rings. The van der Waals surface area contributed by atoms with Crippen molar-refractivity contribution in [2.24, 2.45) is 5.73 Å². The lowest BCUT2D eigenvalue weighted by atomic mass is 10.1. The highest BCUT2D eigenvalue weighted by molar-refractivity contribution is 5.94. The second-order valence-corrected chi connectivity index (χ2v) is 5.32. The Bertz CT molecular complexity index is 738. The first-order valence-electron chi connectivity index (χ1n) is 7.82. The Morgan fingerprint density at radius 2 is 1.92 bits per heavy atom. The van der Waals surface area contributed by atoms with Gasteiger partial charge in [-0.3, -0.25) is 4.79 Å². The van der Waals surface area contributed by atoms with Crippen LogP contribution in [-0.4, -0.2) is 24.6 Å². The molecule has 0 aliphatic rings. The molecule has 0 spiro atoms. The summed E-state index contributed by atoms with van der Waals surface area (Å²) in [5, 5.41) is 5.07. The number of amides is 3.